The molecule has 0 aliphatic heterocycles. The quantitative estimate of drug-likeness (QED) is 0.284. The summed E-state index contributed by atoms with van der Waals surface area (Å²) in [5.74, 6) is -0.263. The molecule has 0 amide bonds. The fourth-order valence-corrected chi connectivity index (χ4v) is 5.41. The first-order chi connectivity index (χ1) is 17.9. The van der Waals surface area contributed by atoms with Gasteiger partial charge in [-0.05, 0) is 84.4 Å². The van der Waals surface area contributed by atoms with Crippen molar-refractivity contribution in [3.8, 4) is 11.3 Å². The van der Waals surface area contributed by atoms with Gasteiger partial charge in [-0.15, -0.1) is 0 Å². The third-order valence-electron chi connectivity index (χ3n) is 8.24. The Balaban J connectivity index is 1.89. The molecule has 204 valence electrons. The van der Waals surface area contributed by atoms with E-state index in [0.29, 0.717) is 0 Å². The average Bonchev–Trinajstić information content (AvgIpc) is 2.89. The van der Waals surface area contributed by atoms with E-state index in [9.17, 15) is 9.90 Å². The van der Waals surface area contributed by atoms with E-state index in [4.69, 9.17) is 4.74 Å². The molecule has 1 atom stereocenters. The first kappa shape index (κ1) is 29.6. The number of aryl methyl sites for hydroxylation is 3. The van der Waals surface area contributed by atoms with Crippen molar-refractivity contribution < 1.29 is 14.6 Å². The largest absolute Gasteiger partial charge is 0.469 e. The zero-order valence-corrected chi connectivity index (χ0v) is 24.5. The molecule has 4 nitrogen and oxygen atoms in total. The van der Waals surface area contributed by atoms with Crippen LogP contribution in [-0.4, -0.2) is 29.3 Å². The number of benzene rings is 2. The number of nitrogens with zero attached hydrogens (tertiary/aromatic N) is 1. The fraction of sp³-hybridized carbons (Fsp3) is 0.471. The number of hydrogen-bond acceptors (Lipinski definition) is 4. The van der Waals surface area contributed by atoms with Crippen LogP contribution in [0, 0.1) is 19.3 Å². The van der Waals surface area contributed by atoms with E-state index in [1.807, 2.05) is 12.1 Å². The van der Waals surface area contributed by atoms with Gasteiger partial charge >= 0.3 is 5.97 Å². The second-order valence-corrected chi connectivity index (χ2v) is 11.7. The molecule has 0 aliphatic carbocycles. The highest BCUT2D eigenvalue weighted by atomic mass is 16.5. The molecule has 1 unspecified atom stereocenters. The Morgan fingerprint density at radius 1 is 0.947 bits per heavy atom. The fourth-order valence-electron chi connectivity index (χ4n) is 5.41. The van der Waals surface area contributed by atoms with Crippen molar-refractivity contribution in [1.29, 1.82) is 0 Å². The van der Waals surface area contributed by atoms with Gasteiger partial charge in [-0.2, -0.15) is 0 Å². The summed E-state index contributed by atoms with van der Waals surface area (Å²) in [6, 6.07) is 17.6. The van der Waals surface area contributed by atoms with Gasteiger partial charge in [-0.25, -0.2) is 0 Å². The van der Waals surface area contributed by atoms with Crippen molar-refractivity contribution in [2.75, 3.05) is 7.11 Å². The predicted octanol–water partition coefficient (Wildman–Crippen LogP) is 7.53. The number of hydrogen-bond donors (Lipinski definition) is 1. The smallest absolute Gasteiger partial charge is 0.310 e. The second-order valence-electron chi connectivity index (χ2n) is 11.7. The summed E-state index contributed by atoms with van der Waals surface area (Å²) in [5, 5.41) is 10.5. The number of aliphatic hydroxyl groups excluding tert-OH is 1. The summed E-state index contributed by atoms with van der Waals surface area (Å²) >= 11 is 0. The minimum Gasteiger partial charge on any atom is -0.469 e. The molecule has 1 aromatic heterocycles. The van der Waals surface area contributed by atoms with Crippen LogP contribution in [0.4, 0.5) is 0 Å². The van der Waals surface area contributed by atoms with E-state index in [-0.39, 0.29) is 29.3 Å². The Labute approximate surface area is 229 Å². The zero-order valence-electron chi connectivity index (χ0n) is 24.5. The molecule has 0 saturated heterocycles. The average molecular weight is 516 g/mol. The highest BCUT2D eigenvalue weighted by Crippen LogP contribution is 2.41. The maximum Gasteiger partial charge on any atom is 0.310 e. The number of rotatable bonds is 10. The van der Waals surface area contributed by atoms with E-state index in [1.165, 1.54) is 34.9 Å². The van der Waals surface area contributed by atoms with E-state index in [1.54, 1.807) is 6.20 Å². The lowest BCUT2D eigenvalue weighted by Gasteiger charge is -2.34. The molecule has 0 saturated carbocycles. The first-order valence-electron chi connectivity index (χ1n) is 13.9. The zero-order chi connectivity index (χ0) is 28.1. The molecule has 0 bridgehead atoms. The SMILES string of the molecule is CCC(CC)(c1ccc(CCC(O)C(C)(C)C)c(C)c1)c1ccc(-c2ccc(CC(=O)OC)cn2)c(C)c1. The third kappa shape index (κ3) is 6.53. The van der Waals surface area contributed by atoms with Crippen LogP contribution in [0.1, 0.15) is 87.3 Å². The molecule has 0 aliphatic rings. The van der Waals surface area contributed by atoms with Crippen LogP contribution in [-0.2, 0) is 27.8 Å². The molecule has 1 heterocycles. The van der Waals surface area contributed by atoms with Gasteiger partial charge in [0, 0.05) is 17.2 Å². The molecule has 1 N–H and O–H groups in total. The lowest BCUT2D eigenvalue weighted by Crippen LogP contribution is -2.27. The molecule has 0 radical (unpaired) electrons. The van der Waals surface area contributed by atoms with Crippen molar-refractivity contribution in [2.24, 2.45) is 5.41 Å². The molecule has 3 rings (SSSR count). The number of carbonyl (C=O) groups excluding carboxylic acids is 1. The number of aromatic nitrogens is 1. The number of methoxy groups -OCH3 is 1. The highest BCUT2D eigenvalue weighted by molar-refractivity contribution is 5.72. The number of esters is 1. The first-order valence-corrected chi connectivity index (χ1v) is 13.9. The summed E-state index contributed by atoms with van der Waals surface area (Å²) in [4.78, 5) is 16.2. The summed E-state index contributed by atoms with van der Waals surface area (Å²) in [6.45, 7) is 15.2. The van der Waals surface area contributed by atoms with Gasteiger partial charge in [0.1, 0.15) is 0 Å². The van der Waals surface area contributed by atoms with Crippen LogP contribution in [0.3, 0.4) is 0 Å². The highest BCUT2D eigenvalue weighted by Gasteiger charge is 2.31. The number of pyridine rings is 1. The van der Waals surface area contributed by atoms with Gasteiger partial charge in [-0.3, -0.25) is 9.78 Å². The summed E-state index contributed by atoms with van der Waals surface area (Å²) in [7, 11) is 1.40. The second kappa shape index (κ2) is 12.3. The Bertz CT molecular complexity index is 1230. The normalized spacial score (nSPS) is 12.9. The molecular formula is C34H45NO3. The van der Waals surface area contributed by atoms with E-state index in [2.05, 4.69) is 89.8 Å². The van der Waals surface area contributed by atoms with E-state index in [0.717, 1.165) is 42.5 Å². The van der Waals surface area contributed by atoms with Crippen LogP contribution in [0.25, 0.3) is 11.3 Å². The van der Waals surface area contributed by atoms with Crippen molar-refractivity contribution in [3.63, 3.8) is 0 Å². The van der Waals surface area contributed by atoms with Crippen molar-refractivity contribution in [3.05, 3.63) is 88.1 Å². The standard InChI is InChI=1S/C34H45NO3/c1-9-34(10-2,27-14-12-26(23(3)19-27)13-18-31(36)33(5,6)7)28-15-16-29(24(4)20-28)30-17-11-25(22-35-30)21-32(37)38-8/h11-12,14-17,19-20,22,31,36H,9-10,13,18,21H2,1-8H3. The Morgan fingerprint density at radius 2 is 1.58 bits per heavy atom. The predicted molar refractivity (Wildman–Crippen MR) is 156 cm³/mol. The summed E-state index contributed by atoms with van der Waals surface area (Å²) in [6.07, 6.45) is 5.34. The maximum atomic E-state index is 11.6. The number of aliphatic hydroxyl groups is 1. The molecule has 2 aromatic carbocycles. The van der Waals surface area contributed by atoms with Gasteiger partial charge in [0.05, 0.1) is 25.3 Å². The third-order valence-corrected chi connectivity index (χ3v) is 8.24. The molecule has 0 fully saturated rings. The van der Waals surface area contributed by atoms with Gasteiger partial charge < -0.3 is 9.84 Å². The van der Waals surface area contributed by atoms with E-state index >= 15 is 0 Å². The number of carbonyl (C=O) groups is 1. The van der Waals surface area contributed by atoms with Crippen molar-refractivity contribution in [1.82, 2.24) is 4.98 Å². The topological polar surface area (TPSA) is 59.4 Å². The molecule has 3 aromatic rings. The van der Waals surface area contributed by atoms with Crippen LogP contribution < -0.4 is 0 Å². The molecule has 0 spiro atoms. The molecule has 38 heavy (non-hydrogen) atoms. The Kier molecular flexibility index (Phi) is 9.54. The van der Waals surface area contributed by atoms with Gasteiger partial charge in [-0.1, -0.05) is 77.1 Å². The lowest BCUT2D eigenvalue weighted by molar-refractivity contribution is -0.139. The Morgan fingerprint density at radius 3 is 2.08 bits per heavy atom. The van der Waals surface area contributed by atoms with Crippen LogP contribution in [0.15, 0.2) is 54.7 Å². The van der Waals surface area contributed by atoms with Crippen molar-refractivity contribution in [2.45, 2.75) is 92.1 Å². The Hall–Kier alpha value is -2.98. The minimum atomic E-state index is -0.313. The molecule has 4 heteroatoms. The molecular weight excluding hydrogens is 470 g/mol. The van der Waals surface area contributed by atoms with E-state index < -0.39 is 0 Å². The van der Waals surface area contributed by atoms with Gasteiger partial charge in [0.2, 0.25) is 0 Å². The number of ether oxygens (including phenoxy) is 1. The van der Waals surface area contributed by atoms with Crippen molar-refractivity contribution >= 4 is 5.97 Å². The maximum absolute atomic E-state index is 11.6. The monoisotopic (exact) mass is 515 g/mol. The van der Waals surface area contributed by atoms with Crippen LogP contribution >= 0.6 is 0 Å². The summed E-state index contributed by atoms with van der Waals surface area (Å²) in [5.41, 5.74) is 9.13. The van der Waals surface area contributed by atoms with Gasteiger partial charge in [0.15, 0.2) is 0 Å². The summed E-state index contributed by atoms with van der Waals surface area (Å²) < 4.78 is 4.76. The lowest BCUT2D eigenvalue weighted by atomic mass is 9.69. The van der Waals surface area contributed by atoms with Crippen LogP contribution in [0.2, 0.25) is 0 Å². The minimum absolute atomic E-state index is 0.0741. The van der Waals surface area contributed by atoms with Gasteiger partial charge in [0.25, 0.3) is 0 Å². The van der Waals surface area contributed by atoms with Crippen LogP contribution in [0.5, 0.6) is 0 Å².